The summed E-state index contributed by atoms with van der Waals surface area (Å²) in [6.45, 7) is 0. The number of benzene rings is 2. The lowest BCUT2D eigenvalue weighted by molar-refractivity contribution is -0.132. The van der Waals surface area contributed by atoms with Crippen LogP contribution in [0.15, 0.2) is 60.3 Å². The number of rotatable bonds is 4. The van der Waals surface area contributed by atoms with E-state index in [1.807, 2.05) is 59.3 Å². The largest absolute Gasteiger partial charge is 0.495 e. The zero-order valence-corrected chi connectivity index (χ0v) is 12.9. The molecule has 3 aromatic rings. The van der Waals surface area contributed by atoms with E-state index >= 15 is 0 Å². The molecular formula is C19H14N2O3. The lowest BCUT2D eigenvalue weighted by atomic mass is 10.1. The van der Waals surface area contributed by atoms with Crippen molar-refractivity contribution in [1.29, 1.82) is 5.26 Å². The van der Waals surface area contributed by atoms with Crippen molar-refractivity contribution in [3.8, 4) is 17.5 Å². The zero-order chi connectivity index (χ0) is 17.1. The topological polar surface area (TPSA) is 75.2 Å². The van der Waals surface area contributed by atoms with Crippen LogP contribution in [0.1, 0.15) is 5.56 Å². The van der Waals surface area contributed by atoms with Crippen LogP contribution in [0, 0.1) is 11.3 Å². The molecule has 118 valence electrons. The molecule has 2 aromatic carbocycles. The predicted octanol–water partition coefficient (Wildman–Crippen LogP) is 3.63. The van der Waals surface area contributed by atoms with E-state index in [4.69, 9.17) is 15.1 Å². The van der Waals surface area contributed by atoms with Crippen molar-refractivity contribution in [2.24, 2.45) is 0 Å². The number of hydrogen-bond donors (Lipinski definition) is 1. The number of nitrogens with zero attached hydrogens (tertiary/aromatic N) is 2. The number of aliphatic carboxylic acids is 1. The van der Waals surface area contributed by atoms with Crippen molar-refractivity contribution in [1.82, 2.24) is 4.57 Å². The van der Waals surface area contributed by atoms with Gasteiger partial charge in [-0.2, -0.15) is 5.26 Å². The summed E-state index contributed by atoms with van der Waals surface area (Å²) in [6, 6.07) is 16.9. The first kappa shape index (κ1) is 15.4. The van der Waals surface area contributed by atoms with E-state index in [9.17, 15) is 4.79 Å². The molecule has 0 aliphatic carbocycles. The summed E-state index contributed by atoms with van der Waals surface area (Å²) in [5.74, 6) is -0.542. The van der Waals surface area contributed by atoms with Crippen LogP contribution in [0.25, 0.3) is 22.7 Å². The summed E-state index contributed by atoms with van der Waals surface area (Å²) < 4.78 is 7.34. The summed E-state index contributed by atoms with van der Waals surface area (Å²) in [7, 11) is 1.60. The van der Waals surface area contributed by atoms with Gasteiger partial charge >= 0.3 is 5.97 Å². The van der Waals surface area contributed by atoms with E-state index < -0.39 is 5.97 Å². The standard InChI is InChI=1S/C19H14N2O3/c1-24-18-9-5-4-8-17(18)21-12-14(10-13(11-20)19(22)23)15-6-2-3-7-16(15)21/h2-10,12H,1H3,(H,22,23). The minimum Gasteiger partial charge on any atom is -0.495 e. The van der Waals surface area contributed by atoms with Gasteiger partial charge < -0.3 is 14.4 Å². The predicted molar refractivity (Wildman–Crippen MR) is 91.1 cm³/mol. The first-order chi connectivity index (χ1) is 11.7. The Morgan fingerprint density at radius 3 is 2.62 bits per heavy atom. The number of methoxy groups -OCH3 is 1. The van der Waals surface area contributed by atoms with Crippen molar-refractivity contribution in [3.63, 3.8) is 0 Å². The number of nitriles is 1. The number of aromatic nitrogens is 1. The van der Waals surface area contributed by atoms with Crippen LogP contribution in [0.2, 0.25) is 0 Å². The molecule has 1 aromatic heterocycles. The molecule has 0 atom stereocenters. The molecule has 0 unspecified atom stereocenters. The number of ether oxygens (including phenoxy) is 1. The van der Waals surface area contributed by atoms with E-state index in [2.05, 4.69) is 0 Å². The Morgan fingerprint density at radius 1 is 1.21 bits per heavy atom. The van der Waals surface area contributed by atoms with Crippen molar-refractivity contribution < 1.29 is 14.6 Å². The Kier molecular flexibility index (Phi) is 4.04. The molecule has 5 nitrogen and oxygen atoms in total. The van der Waals surface area contributed by atoms with Crippen LogP contribution in [-0.2, 0) is 4.79 Å². The van der Waals surface area contributed by atoms with E-state index in [1.54, 1.807) is 13.2 Å². The van der Waals surface area contributed by atoms with Crippen molar-refractivity contribution >= 4 is 22.9 Å². The van der Waals surface area contributed by atoms with Crippen molar-refractivity contribution in [2.75, 3.05) is 7.11 Å². The molecule has 0 fully saturated rings. The third-order valence-electron chi connectivity index (χ3n) is 3.74. The Morgan fingerprint density at radius 2 is 1.92 bits per heavy atom. The minimum absolute atomic E-state index is 0.307. The van der Waals surface area contributed by atoms with Gasteiger partial charge in [-0.3, -0.25) is 0 Å². The molecule has 0 aliphatic heterocycles. The molecule has 1 N–H and O–H groups in total. The second kappa shape index (κ2) is 6.31. The molecule has 1 heterocycles. The number of carbonyl (C=O) groups is 1. The third-order valence-corrected chi connectivity index (χ3v) is 3.74. The maximum absolute atomic E-state index is 11.1. The van der Waals surface area contributed by atoms with Crippen molar-refractivity contribution in [3.05, 3.63) is 65.9 Å². The first-order valence-corrected chi connectivity index (χ1v) is 7.24. The molecule has 3 rings (SSSR count). The van der Waals surface area contributed by atoms with E-state index in [1.165, 1.54) is 6.08 Å². The second-order valence-electron chi connectivity index (χ2n) is 5.12. The van der Waals surface area contributed by atoms with Gasteiger partial charge in [-0.25, -0.2) is 4.79 Å². The van der Waals surface area contributed by atoms with Gasteiger partial charge in [0.05, 0.1) is 18.3 Å². The lowest BCUT2D eigenvalue weighted by Gasteiger charge is -2.10. The van der Waals surface area contributed by atoms with Crippen LogP contribution in [0.5, 0.6) is 5.75 Å². The molecule has 0 spiro atoms. The average molecular weight is 318 g/mol. The Bertz CT molecular complexity index is 993. The molecule has 0 aliphatic rings. The Hall–Kier alpha value is -3.52. The summed E-state index contributed by atoms with van der Waals surface area (Å²) in [4.78, 5) is 11.1. The van der Waals surface area contributed by atoms with Gasteiger partial charge in [0.2, 0.25) is 0 Å². The molecule has 0 radical (unpaired) electrons. The Labute approximate surface area is 138 Å². The fourth-order valence-electron chi connectivity index (χ4n) is 2.65. The Balaban J connectivity index is 2.29. The maximum atomic E-state index is 11.1. The number of hydrogen-bond acceptors (Lipinski definition) is 3. The number of carboxylic acid groups (broad SMARTS) is 1. The fourth-order valence-corrected chi connectivity index (χ4v) is 2.65. The molecule has 0 bridgehead atoms. The highest BCUT2D eigenvalue weighted by Gasteiger charge is 2.13. The van der Waals surface area contributed by atoms with Gasteiger partial charge in [-0.15, -0.1) is 0 Å². The molecular weight excluding hydrogens is 304 g/mol. The lowest BCUT2D eigenvalue weighted by Crippen LogP contribution is -1.97. The first-order valence-electron chi connectivity index (χ1n) is 7.24. The zero-order valence-electron chi connectivity index (χ0n) is 12.9. The highest BCUT2D eigenvalue weighted by Crippen LogP contribution is 2.30. The summed E-state index contributed by atoms with van der Waals surface area (Å²) in [5, 5.41) is 19.0. The number of fused-ring (bicyclic) bond motifs is 1. The summed E-state index contributed by atoms with van der Waals surface area (Å²) in [6.07, 6.45) is 3.19. The van der Waals surface area contributed by atoms with E-state index in [0.29, 0.717) is 11.3 Å². The van der Waals surface area contributed by atoms with Crippen LogP contribution >= 0.6 is 0 Å². The van der Waals surface area contributed by atoms with Crippen LogP contribution in [0.3, 0.4) is 0 Å². The van der Waals surface area contributed by atoms with Gasteiger partial charge in [-0.05, 0) is 24.3 Å². The monoisotopic (exact) mass is 318 g/mol. The molecule has 0 saturated heterocycles. The highest BCUT2D eigenvalue weighted by molar-refractivity contribution is 6.00. The van der Waals surface area contributed by atoms with Crippen LogP contribution in [-0.4, -0.2) is 22.8 Å². The van der Waals surface area contributed by atoms with Gasteiger partial charge in [0.15, 0.2) is 0 Å². The van der Waals surface area contributed by atoms with E-state index in [-0.39, 0.29) is 5.57 Å². The molecule has 5 heteroatoms. The van der Waals surface area contributed by atoms with Crippen LogP contribution in [0.4, 0.5) is 0 Å². The highest BCUT2D eigenvalue weighted by atomic mass is 16.5. The van der Waals surface area contributed by atoms with E-state index in [0.717, 1.165) is 16.6 Å². The average Bonchev–Trinajstić information content (AvgIpc) is 2.98. The fraction of sp³-hybridized carbons (Fsp3) is 0.0526. The molecule has 0 saturated carbocycles. The second-order valence-corrected chi connectivity index (χ2v) is 5.12. The third kappa shape index (κ3) is 2.61. The smallest absolute Gasteiger partial charge is 0.346 e. The van der Waals surface area contributed by atoms with Gasteiger partial charge in [0.1, 0.15) is 17.4 Å². The van der Waals surface area contributed by atoms with Crippen LogP contribution < -0.4 is 4.74 Å². The normalized spacial score (nSPS) is 11.2. The quantitative estimate of drug-likeness (QED) is 0.589. The van der Waals surface area contributed by atoms with Gasteiger partial charge in [0, 0.05) is 17.1 Å². The number of carboxylic acids is 1. The number of para-hydroxylation sites is 3. The van der Waals surface area contributed by atoms with Gasteiger partial charge in [0.25, 0.3) is 0 Å². The minimum atomic E-state index is -1.24. The molecule has 0 amide bonds. The molecule has 24 heavy (non-hydrogen) atoms. The summed E-state index contributed by atoms with van der Waals surface area (Å²) in [5.41, 5.74) is 2.09. The van der Waals surface area contributed by atoms with Crippen molar-refractivity contribution in [2.45, 2.75) is 0 Å². The maximum Gasteiger partial charge on any atom is 0.346 e. The van der Waals surface area contributed by atoms with Gasteiger partial charge in [-0.1, -0.05) is 30.3 Å². The summed E-state index contributed by atoms with van der Waals surface area (Å²) >= 11 is 0. The SMILES string of the molecule is COc1ccccc1-n1cc(C=C(C#N)C(=O)O)c2ccccc21.